The Morgan fingerprint density at radius 2 is 1.79 bits per heavy atom. The van der Waals surface area contributed by atoms with Gasteiger partial charge in [-0.25, -0.2) is 13.6 Å². The van der Waals surface area contributed by atoms with Gasteiger partial charge in [0, 0.05) is 34.5 Å². The van der Waals surface area contributed by atoms with E-state index < -0.39 is 23.0 Å². The van der Waals surface area contributed by atoms with E-state index in [1.54, 1.807) is 22.8 Å². The summed E-state index contributed by atoms with van der Waals surface area (Å²) in [5.41, 5.74) is 2.42. The monoisotopic (exact) mass is 465 g/mol. The van der Waals surface area contributed by atoms with Crippen molar-refractivity contribution in [2.75, 3.05) is 6.61 Å². The summed E-state index contributed by atoms with van der Waals surface area (Å²) in [6.07, 6.45) is 0.457. The number of aromatic nitrogens is 1. The predicted molar refractivity (Wildman–Crippen MR) is 121 cm³/mol. The second-order valence-corrected chi connectivity index (χ2v) is 8.91. The van der Waals surface area contributed by atoms with Crippen LogP contribution in [0, 0.1) is 11.6 Å². The van der Waals surface area contributed by atoms with Gasteiger partial charge in [0.1, 0.15) is 11.6 Å². The van der Waals surface area contributed by atoms with Crippen LogP contribution in [0.1, 0.15) is 36.3 Å². The van der Waals surface area contributed by atoms with Gasteiger partial charge in [-0.1, -0.05) is 26.0 Å². The van der Waals surface area contributed by atoms with Crippen LogP contribution in [-0.4, -0.2) is 27.4 Å². The standard InChI is InChI=1S/C26H21F2NO5/c1-26(2)9-10-33-34-21-13-17(7-8-18(21)28)29-19-11-16(27)12-20(30)23(19)22(24(26)29)14-3-5-15(6-4-14)25(31)32/h3-8,11-13,30H,9-10H2,1-2H3,(H,31,32). The maximum Gasteiger partial charge on any atom is 0.335 e. The number of phenols is 1. The summed E-state index contributed by atoms with van der Waals surface area (Å²) in [5, 5.41) is 20.6. The molecule has 8 heteroatoms. The summed E-state index contributed by atoms with van der Waals surface area (Å²) < 4.78 is 30.7. The lowest BCUT2D eigenvalue weighted by Gasteiger charge is -2.29. The topological polar surface area (TPSA) is 80.9 Å². The minimum absolute atomic E-state index is 0.113. The van der Waals surface area contributed by atoms with Crippen molar-refractivity contribution in [3.63, 3.8) is 0 Å². The number of nitrogens with zero attached hydrogens (tertiary/aromatic N) is 1. The Morgan fingerprint density at radius 3 is 2.50 bits per heavy atom. The minimum Gasteiger partial charge on any atom is -0.507 e. The zero-order valence-corrected chi connectivity index (χ0v) is 18.4. The van der Waals surface area contributed by atoms with E-state index >= 15 is 0 Å². The molecule has 0 amide bonds. The molecule has 1 aliphatic rings. The van der Waals surface area contributed by atoms with Gasteiger partial charge in [-0.2, -0.15) is 4.89 Å². The molecule has 34 heavy (non-hydrogen) atoms. The van der Waals surface area contributed by atoms with Crippen molar-refractivity contribution in [3.05, 3.63) is 77.5 Å². The summed E-state index contributed by atoms with van der Waals surface area (Å²) in [5.74, 6) is -2.67. The Hall–Kier alpha value is -3.91. The third kappa shape index (κ3) is 3.47. The number of phenolic OH excluding ortho intramolecular Hbond substituents is 1. The molecule has 3 aromatic carbocycles. The van der Waals surface area contributed by atoms with Gasteiger partial charge in [0.25, 0.3) is 0 Å². The number of carbonyl (C=O) groups is 1. The molecule has 2 heterocycles. The first-order chi connectivity index (χ1) is 16.2. The second-order valence-electron chi connectivity index (χ2n) is 8.91. The highest BCUT2D eigenvalue weighted by Crippen LogP contribution is 2.47. The van der Waals surface area contributed by atoms with Crippen LogP contribution in [0.15, 0.2) is 54.6 Å². The number of aromatic hydroxyl groups is 1. The van der Waals surface area contributed by atoms with E-state index in [2.05, 4.69) is 0 Å². The Kier molecular flexibility index (Phi) is 5.06. The summed E-state index contributed by atoms with van der Waals surface area (Å²) in [6.45, 7) is 4.11. The van der Waals surface area contributed by atoms with Gasteiger partial charge in [-0.15, -0.1) is 0 Å². The number of fused-ring (bicyclic) bond motifs is 6. The number of hydrogen-bond acceptors (Lipinski definition) is 4. The highest BCUT2D eigenvalue weighted by Gasteiger charge is 2.34. The molecule has 4 aromatic rings. The average molecular weight is 465 g/mol. The van der Waals surface area contributed by atoms with E-state index in [0.717, 1.165) is 11.8 Å². The van der Waals surface area contributed by atoms with Crippen LogP contribution in [0.2, 0.25) is 0 Å². The SMILES string of the molecule is CC1(C)CCOOc2cc(ccc2F)-n2c1c(-c1ccc(C(=O)O)cc1)c1c(O)cc(F)cc12. The minimum atomic E-state index is -1.06. The summed E-state index contributed by atoms with van der Waals surface area (Å²) in [7, 11) is 0. The van der Waals surface area contributed by atoms with E-state index in [9.17, 15) is 23.8 Å². The largest absolute Gasteiger partial charge is 0.507 e. The number of carboxylic acid groups (broad SMARTS) is 1. The molecule has 0 saturated carbocycles. The van der Waals surface area contributed by atoms with E-state index in [4.69, 9.17) is 9.78 Å². The predicted octanol–water partition coefficient (Wildman–Crippen LogP) is 5.97. The molecule has 0 saturated heterocycles. The normalized spacial score (nSPS) is 14.9. The lowest BCUT2D eigenvalue weighted by molar-refractivity contribution is -0.211. The maximum atomic E-state index is 14.5. The zero-order valence-electron chi connectivity index (χ0n) is 18.4. The van der Waals surface area contributed by atoms with Gasteiger partial charge in [0.15, 0.2) is 5.82 Å². The van der Waals surface area contributed by atoms with E-state index in [1.807, 2.05) is 13.8 Å². The fraction of sp³-hybridized carbons (Fsp3) is 0.192. The first-order valence-corrected chi connectivity index (χ1v) is 10.7. The number of carboxylic acids is 1. The van der Waals surface area contributed by atoms with Crippen molar-refractivity contribution < 1.29 is 33.6 Å². The summed E-state index contributed by atoms with van der Waals surface area (Å²) in [6, 6.07) is 12.9. The van der Waals surface area contributed by atoms with Crippen LogP contribution in [0.3, 0.4) is 0 Å². The Bertz CT molecular complexity index is 1440. The maximum absolute atomic E-state index is 14.5. The summed E-state index contributed by atoms with van der Waals surface area (Å²) in [4.78, 5) is 21.8. The average Bonchev–Trinajstić information content (AvgIpc) is 3.14. The molecule has 0 spiro atoms. The van der Waals surface area contributed by atoms with Crippen molar-refractivity contribution in [1.82, 2.24) is 4.57 Å². The molecule has 174 valence electrons. The lowest BCUT2D eigenvalue weighted by atomic mass is 9.81. The van der Waals surface area contributed by atoms with E-state index in [-0.39, 0.29) is 23.7 Å². The number of benzene rings is 3. The van der Waals surface area contributed by atoms with Crippen LogP contribution in [0.4, 0.5) is 8.78 Å². The van der Waals surface area contributed by atoms with E-state index in [1.165, 1.54) is 30.3 Å². The number of aromatic carboxylic acids is 1. The zero-order chi connectivity index (χ0) is 24.2. The van der Waals surface area contributed by atoms with Crippen LogP contribution in [-0.2, 0) is 10.3 Å². The first-order valence-electron chi connectivity index (χ1n) is 10.7. The number of halogens is 2. The van der Waals surface area contributed by atoms with Crippen LogP contribution >= 0.6 is 0 Å². The molecule has 2 N–H and O–H groups in total. The number of hydrogen-bond donors (Lipinski definition) is 2. The van der Waals surface area contributed by atoms with Gasteiger partial charge in [0.2, 0.25) is 5.75 Å². The van der Waals surface area contributed by atoms with Gasteiger partial charge >= 0.3 is 5.97 Å². The Balaban J connectivity index is 1.95. The van der Waals surface area contributed by atoms with Crippen LogP contribution in [0.5, 0.6) is 11.5 Å². The summed E-state index contributed by atoms with van der Waals surface area (Å²) >= 11 is 0. The van der Waals surface area contributed by atoms with Gasteiger partial charge in [0.05, 0.1) is 23.1 Å². The fourth-order valence-electron chi connectivity index (χ4n) is 4.55. The van der Waals surface area contributed by atoms with Gasteiger partial charge in [-0.05, 0) is 42.3 Å². The van der Waals surface area contributed by atoms with E-state index in [0.29, 0.717) is 34.1 Å². The molecule has 6 nitrogen and oxygen atoms in total. The molecule has 1 aromatic heterocycles. The van der Waals surface area contributed by atoms with Crippen molar-refractivity contribution in [2.45, 2.75) is 25.7 Å². The molecule has 0 atom stereocenters. The Morgan fingerprint density at radius 1 is 1.06 bits per heavy atom. The van der Waals surface area contributed by atoms with Crippen molar-refractivity contribution >= 4 is 16.9 Å². The van der Waals surface area contributed by atoms with Crippen LogP contribution in [0.25, 0.3) is 27.7 Å². The van der Waals surface area contributed by atoms with Gasteiger partial charge in [-0.3, -0.25) is 0 Å². The molecule has 0 fully saturated rings. The molecule has 1 aliphatic heterocycles. The molecule has 5 rings (SSSR count). The van der Waals surface area contributed by atoms with Crippen molar-refractivity contribution in [1.29, 1.82) is 0 Å². The molecule has 0 aliphatic carbocycles. The van der Waals surface area contributed by atoms with Crippen LogP contribution < -0.4 is 4.89 Å². The van der Waals surface area contributed by atoms with Gasteiger partial charge < -0.3 is 19.7 Å². The third-order valence-electron chi connectivity index (χ3n) is 6.21. The van der Waals surface area contributed by atoms with Crippen molar-refractivity contribution in [3.8, 4) is 28.3 Å². The fourth-order valence-corrected chi connectivity index (χ4v) is 4.55. The molecule has 0 radical (unpaired) electrons. The molecular weight excluding hydrogens is 444 g/mol. The second kappa shape index (κ2) is 7.85. The lowest BCUT2D eigenvalue weighted by Crippen LogP contribution is -2.25. The number of rotatable bonds is 2. The van der Waals surface area contributed by atoms with Crippen molar-refractivity contribution in [2.24, 2.45) is 0 Å². The Labute approximate surface area is 193 Å². The quantitative estimate of drug-likeness (QED) is 0.357. The molecule has 0 unspecified atom stereocenters. The molecule has 2 bridgehead atoms. The highest BCUT2D eigenvalue weighted by atomic mass is 19.1. The smallest absolute Gasteiger partial charge is 0.335 e. The molecular formula is C26H21F2NO5. The first kappa shape index (κ1) is 21.9. The third-order valence-corrected chi connectivity index (χ3v) is 6.21. The highest BCUT2D eigenvalue weighted by molar-refractivity contribution is 6.04.